The van der Waals surface area contributed by atoms with E-state index >= 15 is 0 Å². The molecule has 7 heteroatoms. The Morgan fingerprint density at radius 2 is 1.86 bits per heavy atom. The summed E-state index contributed by atoms with van der Waals surface area (Å²) in [5.74, 6) is 0.586. The van der Waals surface area contributed by atoms with Crippen LogP contribution in [-0.4, -0.2) is 34.3 Å². The van der Waals surface area contributed by atoms with Gasteiger partial charge >= 0.3 is 0 Å². The second-order valence-corrected chi connectivity index (χ2v) is 6.70. The zero-order valence-corrected chi connectivity index (χ0v) is 12.6. The van der Waals surface area contributed by atoms with Gasteiger partial charge in [0.05, 0.1) is 20.0 Å². The van der Waals surface area contributed by atoms with Crippen molar-refractivity contribution in [2.24, 2.45) is 5.92 Å². The topological polar surface area (TPSA) is 81.7 Å². The number of ether oxygens (including phenoxy) is 2. The number of sulfone groups is 1. The van der Waals surface area contributed by atoms with Gasteiger partial charge in [-0.2, -0.15) is 0 Å². The number of nitrogens with one attached hydrogen (secondary N) is 1. The van der Waals surface area contributed by atoms with E-state index in [2.05, 4.69) is 5.32 Å². The van der Waals surface area contributed by atoms with E-state index in [-0.39, 0.29) is 24.0 Å². The van der Waals surface area contributed by atoms with Crippen LogP contribution in [0.1, 0.15) is 6.42 Å². The molecule has 0 aromatic heterocycles. The molecule has 114 valence electrons. The maximum atomic E-state index is 12.0. The van der Waals surface area contributed by atoms with Gasteiger partial charge in [-0.3, -0.25) is 4.79 Å². The molecule has 1 aliphatic rings. The average Bonchev–Trinajstić information content (AvgIpc) is 2.77. The van der Waals surface area contributed by atoms with Gasteiger partial charge < -0.3 is 14.8 Å². The van der Waals surface area contributed by atoms with Gasteiger partial charge in [0, 0.05) is 41.6 Å². The Morgan fingerprint density at radius 1 is 1.24 bits per heavy atom. The van der Waals surface area contributed by atoms with Crippen molar-refractivity contribution < 1.29 is 22.7 Å². The van der Waals surface area contributed by atoms with Crippen LogP contribution >= 0.6 is 0 Å². The molecular formula is C14H17NO5S. The lowest BCUT2D eigenvalue weighted by molar-refractivity contribution is -0.116. The van der Waals surface area contributed by atoms with E-state index in [0.29, 0.717) is 17.2 Å². The zero-order valence-electron chi connectivity index (χ0n) is 11.8. The number of carbonyl (C=O) groups excluding carboxylic acids is 1. The molecule has 1 unspecified atom stereocenters. The minimum absolute atomic E-state index is 0.0121. The second kappa shape index (κ2) is 6.17. The Morgan fingerprint density at radius 3 is 2.33 bits per heavy atom. The highest BCUT2D eigenvalue weighted by atomic mass is 32.2. The van der Waals surface area contributed by atoms with Gasteiger partial charge in [0.25, 0.3) is 0 Å². The molecule has 2 rings (SSSR count). The highest BCUT2D eigenvalue weighted by Crippen LogP contribution is 2.26. The molecule has 1 aromatic carbocycles. The van der Waals surface area contributed by atoms with Crippen molar-refractivity contribution in [2.45, 2.75) is 6.42 Å². The summed E-state index contributed by atoms with van der Waals surface area (Å²) in [6.07, 6.45) is 1.68. The number of methoxy groups -OCH3 is 2. The molecular weight excluding hydrogens is 294 g/mol. The Bertz CT molecular complexity index is 644. The van der Waals surface area contributed by atoms with E-state index in [0.717, 1.165) is 0 Å². The van der Waals surface area contributed by atoms with Crippen LogP contribution in [0, 0.1) is 5.92 Å². The molecule has 0 radical (unpaired) electrons. The summed E-state index contributed by atoms with van der Waals surface area (Å²) in [5, 5.41) is 3.88. The molecule has 6 nitrogen and oxygen atoms in total. The van der Waals surface area contributed by atoms with Crippen LogP contribution in [0.15, 0.2) is 29.7 Å². The Kier molecular flexibility index (Phi) is 4.52. The number of amides is 1. The largest absolute Gasteiger partial charge is 0.497 e. The molecule has 0 spiro atoms. The molecule has 0 saturated heterocycles. The normalized spacial score (nSPS) is 19.2. The predicted molar refractivity (Wildman–Crippen MR) is 79.2 cm³/mol. The summed E-state index contributed by atoms with van der Waals surface area (Å²) in [6.45, 7) is 0. The first-order valence-electron chi connectivity index (χ1n) is 6.36. The zero-order chi connectivity index (χ0) is 15.5. The van der Waals surface area contributed by atoms with Gasteiger partial charge in [0.2, 0.25) is 5.91 Å². The van der Waals surface area contributed by atoms with Crippen molar-refractivity contribution in [1.82, 2.24) is 0 Å². The highest BCUT2D eigenvalue weighted by Gasteiger charge is 2.23. The van der Waals surface area contributed by atoms with Crippen molar-refractivity contribution in [1.29, 1.82) is 0 Å². The van der Waals surface area contributed by atoms with Crippen molar-refractivity contribution >= 4 is 21.4 Å². The van der Waals surface area contributed by atoms with Gasteiger partial charge in [-0.05, 0) is 0 Å². The third-order valence-corrected chi connectivity index (χ3v) is 4.55. The smallest absolute Gasteiger partial charge is 0.225 e. The van der Waals surface area contributed by atoms with E-state index in [1.807, 2.05) is 0 Å². The number of hydrogen-bond donors (Lipinski definition) is 1. The fourth-order valence-electron chi connectivity index (χ4n) is 2.10. The number of carbonyl (C=O) groups is 1. The van der Waals surface area contributed by atoms with Gasteiger partial charge in [0.1, 0.15) is 11.5 Å². The summed E-state index contributed by atoms with van der Waals surface area (Å²) >= 11 is 0. The van der Waals surface area contributed by atoms with Gasteiger partial charge in [0.15, 0.2) is 9.84 Å². The Labute approximate surface area is 123 Å². The minimum atomic E-state index is -3.14. The number of hydrogen-bond acceptors (Lipinski definition) is 5. The molecule has 0 fully saturated rings. The summed E-state index contributed by atoms with van der Waals surface area (Å²) in [5.41, 5.74) is 0.543. The monoisotopic (exact) mass is 311 g/mol. The molecule has 0 aliphatic carbocycles. The average molecular weight is 311 g/mol. The van der Waals surface area contributed by atoms with E-state index in [9.17, 15) is 13.2 Å². The molecule has 1 atom stereocenters. The molecule has 1 aromatic rings. The third kappa shape index (κ3) is 4.22. The maximum absolute atomic E-state index is 12.0. The molecule has 0 saturated carbocycles. The number of rotatable bonds is 5. The molecule has 1 amide bonds. The number of benzene rings is 1. The first-order chi connectivity index (χ1) is 9.91. The van der Waals surface area contributed by atoms with Crippen molar-refractivity contribution in [3.63, 3.8) is 0 Å². The Hall–Kier alpha value is -2.02. The van der Waals surface area contributed by atoms with E-state index in [1.165, 1.54) is 19.6 Å². The fraction of sp³-hybridized carbons (Fsp3) is 0.357. The van der Waals surface area contributed by atoms with Gasteiger partial charge in [-0.1, -0.05) is 6.08 Å². The summed E-state index contributed by atoms with van der Waals surface area (Å²) in [7, 11) is -0.0911. The molecule has 0 bridgehead atoms. The van der Waals surface area contributed by atoms with Crippen LogP contribution in [0.3, 0.4) is 0 Å². The lowest BCUT2D eigenvalue weighted by atomic mass is 10.1. The van der Waals surface area contributed by atoms with Crippen molar-refractivity contribution in [3.8, 4) is 11.5 Å². The van der Waals surface area contributed by atoms with Crippen LogP contribution in [-0.2, 0) is 14.6 Å². The van der Waals surface area contributed by atoms with E-state index < -0.39 is 9.84 Å². The number of anilines is 1. The van der Waals surface area contributed by atoms with Crippen molar-refractivity contribution in [3.05, 3.63) is 29.7 Å². The minimum Gasteiger partial charge on any atom is -0.497 e. The van der Waals surface area contributed by atoms with Gasteiger partial charge in [-0.25, -0.2) is 8.42 Å². The summed E-state index contributed by atoms with van der Waals surface area (Å²) in [6, 6.07) is 5.03. The first-order valence-corrected chi connectivity index (χ1v) is 8.07. The van der Waals surface area contributed by atoms with Crippen LogP contribution in [0.4, 0.5) is 5.69 Å². The van der Waals surface area contributed by atoms with Crippen molar-refractivity contribution in [2.75, 3.05) is 25.3 Å². The highest BCUT2D eigenvalue weighted by molar-refractivity contribution is 7.94. The molecule has 1 N–H and O–H groups in total. The van der Waals surface area contributed by atoms with Crippen LogP contribution in [0.2, 0.25) is 0 Å². The molecule has 1 aliphatic heterocycles. The van der Waals surface area contributed by atoms with Gasteiger partial charge in [-0.15, -0.1) is 0 Å². The first kappa shape index (κ1) is 15.4. The lowest BCUT2D eigenvalue weighted by Gasteiger charge is -2.11. The molecule has 21 heavy (non-hydrogen) atoms. The van der Waals surface area contributed by atoms with Crippen LogP contribution in [0.5, 0.6) is 11.5 Å². The van der Waals surface area contributed by atoms with E-state index in [4.69, 9.17) is 9.47 Å². The van der Waals surface area contributed by atoms with Crippen LogP contribution in [0.25, 0.3) is 0 Å². The quantitative estimate of drug-likeness (QED) is 0.893. The fourth-order valence-corrected chi connectivity index (χ4v) is 3.50. The predicted octanol–water partition coefficient (Wildman–Crippen LogP) is 1.59. The Balaban J connectivity index is 2.01. The number of allylic oxidation sites excluding steroid dienone is 1. The van der Waals surface area contributed by atoms with E-state index in [1.54, 1.807) is 24.3 Å². The lowest BCUT2D eigenvalue weighted by Crippen LogP contribution is -2.17. The maximum Gasteiger partial charge on any atom is 0.225 e. The second-order valence-electron chi connectivity index (χ2n) is 4.77. The summed E-state index contributed by atoms with van der Waals surface area (Å²) in [4.78, 5) is 12.0. The third-order valence-electron chi connectivity index (χ3n) is 3.09. The standard InChI is InChI=1S/C14H17NO5S/c1-19-12-6-11(7-13(8-12)20-2)15-14(16)5-10-3-4-21(17,18)9-10/h3-4,6-8,10H,5,9H2,1-2H3,(H,15,16). The van der Waals surface area contributed by atoms with Crippen LogP contribution < -0.4 is 14.8 Å². The SMILES string of the molecule is COc1cc(NC(=O)CC2C=CS(=O)(=O)C2)cc(OC)c1. The molecule has 1 heterocycles. The summed E-state index contributed by atoms with van der Waals surface area (Å²) < 4.78 is 32.8.